The maximum atomic E-state index is 5.57. The van der Waals surface area contributed by atoms with Crippen LogP contribution in [0.15, 0.2) is 174 Å². The van der Waals surface area contributed by atoms with E-state index in [9.17, 15) is 0 Å². The van der Waals surface area contributed by atoms with Gasteiger partial charge < -0.3 is 5.32 Å². The molecule has 1 aliphatic rings. The van der Waals surface area contributed by atoms with Gasteiger partial charge in [-0.05, 0) is 70.6 Å². The Hall–Kier alpha value is -6.49. The second-order valence-corrected chi connectivity index (χ2v) is 15.5. The Morgan fingerprint density at radius 1 is 0.574 bits per heavy atom. The first-order valence-corrected chi connectivity index (χ1v) is 19.4. The number of aryl methyl sites for hydroxylation is 1. The molecular formula is C50H35N3S. The Morgan fingerprint density at radius 3 is 2.11 bits per heavy atom. The molecular weight excluding hydrogens is 675 g/mol. The fourth-order valence-corrected chi connectivity index (χ4v) is 10.2. The van der Waals surface area contributed by atoms with Crippen molar-refractivity contribution < 1.29 is 0 Å². The Bertz CT molecular complexity index is 3220. The van der Waals surface area contributed by atoms with E-state index in [1.807, 2.05) is 11.3 Å². The Labute approximate surface area is 317 Å². The van der Waals surface area contributed by atoms with Crippen molar-refractivity contribution in [1.82, 2.24) is 9.88 Å². The summed E-state index contributed by atoms with van der Waals surface area (Å²) in [6, 6.07) is 59.4. The van der Waals surface area contributed by atoms with E-state index in [1.54, 1.807) is 0 Å². The number of fused-ring (bicyclic) bond motifs is 11. The Morgan fingerprint density at radius 2 is 1.26 bits per heavy atom. The molecule has 0 radical (unpaired) electrons. The minimum absolute atomic E-state index is 0.168. The van der Waals surface area contributed by atoms with E-state index in [-0.39, 0.29) is 6.04 Å². The number of hydrogen-bond donors (Lipinski definition) is 1. The average Bonchev–Trinajstić information content (AvgIpc) is 3.78. The number of benzene rings is 8. The summed E-state index contributed by atoms with van der Waals surface area (Å²) in [5, 5.41) is 14.2. The molecule has 1 unspecified atom stereocenters. The number of allylic oxidation sites excluding steroid dienone is 1. The number of nitrogens with one attached hydrogen (secondary N) is 1. The highest BCUT2D eigenvalue weighted by Crippen LogP contribution is 2.48. The van der Waals surface area contributed by atoms with Crippen molar-refractivity contribution in [2.75, 3.05) is 0 Å². The van der Waals surface area contributed by atoms with Crippen molar-refractivity contribution >= 4 is 86.4 Å². The fourth-order valence-electron chi connectivity index (χ4n) is 8.96. The van der Waals surface area contributed by atoms with Crippen LogP contribution in [0.4, 0.5) is 0 Å². The first kappa shape index (κ1) is 31.1. The minimum Gasteiger partial charge on any atom is -0.344 e. The van der Waals surface area contributed by atoms with Crippen LogP contribution in [0.25, 0.3) is 80.2 Å². The summed E-state index contributed by atoms with van der Waals surface area (Å²) in [6.07, 6.45) is 0. The van der Waals surface area contributed by atoms with Crippen LogP contribution in [0.1, 0.15) is 29.7 Å². The van der Waals surface area contributed by atoms with Gasteiger partial charge in [-0.2, -0.15) is 0 Å². The number of para-hydroxylation sites is 1. The highest BCUT2D eigenvalue weighted by Gasteiger charge is 2.31. The summed E-state index contributed by atoms with van der Waals surface area (Å²) in [6.45, 7) is 4.43. The van der Waals surface area contributed by atoms with Gasteiger partial charge in [-0.25, -0.2) is 4.99 Å². The Balaban J connectivity index is 1.24. The van der Waals surface area contributed by atoms with Crippen LogP contribution in [-0.4, -0.2) is 10.5 Å². The quantitative estimate of drug-likeness (QED) is 0.194. The van der Waals surface area contributed by atoms with Crippen molar-refractivity contribution in [2.24, 2.45) is 4.99 Å². The van der Waals surface area contributed by atoms with Crippen LogP contribution in [-0.2, 0) is 0 Å². The molecule has 8 aromatic carbocycles. The molecule has 0 spiro atoms. The highest BCUT2D eigenvalue weighted by molar-refractivity contribution is 7.27. The molecule has 1 aliphatic heterocycles. The number of rotatable bonds is 3. The van der Waals surface area contributed by atoms with Gasteiger partial charge in [-0.15, -0.1) is 11.3 Å². The normalized spacial score (nSPS) is 14.9. The number of thiophene rings is 1. The first-order chi connectivity index (χ1) is 26.6. The number of aliphatic imine (C=N–C) groups is 1. The van der Waals surface area contributed by atoms with Crippen LogP contribution < -0.4 is 5.32 Å². The third kappa shape index (κ3) is 4.57. The predicted molar refractivity (Wildman–Crippen MR) is 232 cm³/mol. The van der Waals surface area contributed by atoms with Crippen molar-refractivity contribution in [1.29, 1.82) is 0 Å². The van der Waals surface area contributed by atoms with Crippen molar-refractivity contribution in [3.8, 4) is 11.1 Å². The van der Waals surface area contributed by atoms with E-state index in [1.165, 1.54) is 91.4 Å². The van der Waals surface area contributed by atoms with Crippen molar-refractivity contribution in [3.63, 3.8) is 0 Å². The van der Waals surface area contributed by atoms with Gasteiger partial charge in [0.15, 0.2) is 0 Å². The van der Waals surface area contributed by atoms with E-state index in [0.717, 1.165) is 17.2 Å². The van der Waals surface area contributed by atoms with E-state index in [0.29, 0.717) is 0 Å². The molecule has 10 aromatic rings. The van der Waals surface area contributed by atoms with Crippen LogP contribution in [0.3, 0.4) is 0 Å². The van der Waals surface area contributed by atoms with Crippen molar-refractivity contribution in [3.05, 3.63) is 186 Å². The van der Waals surface area contributed by atoms with Gasteiger partial charge in [0, 0.05) is 53.0 Å². The minimum atomic E-state index is -0.168. The van der Waals surface area contributed by atoms with Gasteiger partial charge in [0.25, 0.3) is 0 Å². The molecule has 1 N–H and O–H groups in total. The van der Waals surface area contributed by atoms with E-state index in [4.69, 9.17) is 4.99 Å². The van der Waals surface area contributed by atoms with E-state index >= 15 is 0 Å². The van der Waals surface area contributed by atoms with E-state index < -0.39 is 0 Å². The zero-order valence-electron chi connectivity index (χ0n) is 30.0. The molecule has 4 heteroatoms. The van der Waals surface area contributed by atoms with Crippen molar-refractivity contribution in [2.45, 2.75) is 19.9 Å². The molecule has 256 valence electrons. The number of hydrogen-bond acceptors (Lipinski definition) is 3. The summed E-state index contributed by atoms with van der Waals surface area (Å²) >= 11 is 1.89. The lowest BCUT2D eigenvalue weighted by Gasteiger charge is -2.32. The zero-order valence-corrected chi connectivity index (χ0v) is 30.8. The third-order valence-electron chi connectivity index (χ3n) is 11.3. The second-order valence-electron chi connectivity index (χ2n) is 14.4. The summed E-state index contributed by atoms with van der Waals surface area (Å²) < 4.78 is 5.05. The molecule has 0 saturated heterocycles. The van der Waals surface area contributed by atoms with Gasteiger partial charge in [0.2, 0.25) is 5.96 Å². The molecule has 0 bridgehead atoms. The largest absolute Gasteiger partial charge is 0.344 e. The maximum Gasteiger partial charge on any atom is 0.208 e. The lowest BCUT2D eigenvalue weighted by atomic mass is 9.84. The molecule has 3 heterocycles. The lowest BCUT2D eigenvalue weighted by molar-refractivity contribution is 0.764. The van der Waals surface area contributed by atoms with Crippen LogP contribution in [0.2, 0.25) is 0 Å². The second kappa shape index (κ2) is 12.0. The zero-order chi connectivity index (χ0) is 35.9. The standard InChI is InChI=1S/C50H35N3S/c1-30-27-28-33-17-6-7-20-36(33)43(30)44-31(2)51-50(52-47(44)35-19-14-18-34(29-35)32-15-4-3-5-16-32)53-41-25-12-10-23-39(41)45-46-40-24-11-13-26-42(40)54-49(46)38-22-9-8-21-37(38)48(45)53/h3-29,47H,1-2H3,(H,51,52). The van der Waals surface area contributed by atoms with Gasteiger partial charge in [0.05, 0.1) is 17.1 Å². The fraction of sp³-hybridized carbons (Fsp3) is 0.0600. The van der Waals surface area contributed by atoms with Gasteiger partial charge in [0.1, 0.15) is 0 Å². The summed E-state index contributed by atoms with van der Waals surface area (Å²) in [7, 11) is 0. The topological polar surface area (TPSA) is 29.3 Å². The molecule has 0 amide bonds. The summed E-state index contributed by atoms with van der Waals surface area (Å²) in [5.74, 6) is 0.833. The first-order valence-electron chi connectivity index (χ1n) is 18.6. The molecule has 1 atom stereocenters. The molecule has 0 saturated carbocycles. The monoisotopic (exact) mass is 709 g/mol. The third-order valence-corrected chi connectivity index (χ3v) is 12.5. The number of aromatic nitrogens is 1. The van der Waals surface area contributed by atoms with Gasteiger partial charge in [-0.1, -0.05) is 146 Å². The van der Waals surface area contributed by atoms with Gasteiger partial charge >= 0.3 is 0 Å². The molecule has 0 aliphatic carbocycles. The highest BCUT2D eigenvalue weighted by atomic mass is 32.1. The van der Waals surface area contributed by atoms with Crippen LogP contribution >= 0.6 is 11.3 Å². The molecule has 2 aromatic heterocycles. The Kier molecular flexibility index (Phi) is 6.92. The van der Waals surface area contributed by atoms with E-state index in [2.05, 4.69) is 188 Å². The molecule has 0 fully saturated rings. The van der Waals surface area contributed by atoms with Crippen LogP contribution in [0.5, 0.6) is 0 Å². The molecule has 54 heavy (non-hydrogen) atoms. The predicted octanol–water partition coefficient (Wildman–Crippen LogP) is 13.4. The summed E-state index contributed by atoms with van der Waals surface area (Å²) in [5.41, 5.74) is 10.6. The van der Waals surface area contributed by atoms with Gasteiger partial charge in [-0.3, -0.25) is 4.57 Å². The molecule has 11 rings (SSSR count). The summed E-state index contributed by atoms with van der Waals surface area (Å²) in [4.78, 5) is 5.57. The smallest absolute Gasteiger partial charge is 0.208 e. The van der Waals surface area contributed by atoms with Crippen LogP contribution in [0, 0.1) is 6.92 Å². The SMILES string of the molecule is CC1=C(c2c(C)ccc3ccccc23)C(c2cccc(-c3ccccc3)c2)NC(n2c3ccccc3c3c4c5ccccc5sc4c4ccccc4c32)=N1. The molecule has 3 nitrogen and oxygen atoms in total. The lowest BCUT2D eigenvalue weighted by Crippen LogP contribution is -2.37. The number of nitrogens with zero attached hydrogens (tertiary/aromatic N) is 2. The maximum absolute atomic E-state index is 5.57. The average molecular weight is 710 g/mol.